The van der Waals surface area contributed by atoms with Gasteiger partial charge in [-0.05, 0) is 24.3 Å². The molecule has 0 saturated carbocycles. The van der Waals surface area contributed by atoms with Crippen molar-refractivity contribution in [3.63, 3.8) is 0 Å². The number of non-ortho nitro benzene ring substituents is 1. The summed E-state index contributed by atoms with van der Waals surface area (Å²) in [4.78, 5) is 21.3. The molecule has 120 valence electrons. The van der Waals surface area contributed by atoms with Crippen molar-refractivity contribution in [1.82, 2.24) is 0 Å². The zero-order valence-electron chi connectivity index (χ0n) is 12.0. The minimum Gasteiger partial charge on any atom is -0.366 e. The Balaban J connectivity index is 2.47. The van der Waals surface area contributed by atoms with E-state index in [1.807, 2.05) is 0 Å². The van der Waals surface area contributed by atoms with E-state index in [9.17, 15) is 23.3 Å². The van der Waals surface area contributed by atoms with Crippen LogP contribution in [0.3, 0.4) is 0 Å². The SMILES string of the molecule is CN(c1ccccc1C(N)=O)S(=O)(=O)c1ccc([N+](=O)[O-])cc1. The van der Waals surface area contributed by atoms with Crippen molar-refractivity contribution in [3.05, 3.63) is 64.2 Å². The lowest BCUT2D eigenvalue weighted by atomic mass is 10.2. The van der Waals surface area contributed by atoms with E-state index in [-0.39, 0.29) is 21.8 Å². The molecule has 0 unspecified atom stereocenters. The standard InChI is InChI=1S/C14H13N3O5S/c1-16(13-5-3-2-4-12(13)14(15)18)23(21,22)11-8-6-10(7-9-11)17(19)20/h2-9H,1H3,(H2,15,18). The van der Waals surface area contributed by atoms with E-state index >= 15 is 0 Å². The Morgan fingerprint density at radius 3 is 2.22 bits per heavy atom. The average molecular weight is 335 g/mol. The summed E-state index contributed by atoms with van der Waals surface area (Å²) in [5.41, 5.74) is 5.21. The van der Waals surface area contributed by atoms with Crippen molar-refractivity contribution >= 4 is 27.3 Å². The first-order valence-electron chi connectivity index (χ1n) is 6.37. The van der Waals surface area contributed by atoms with Gasteiger partial charge in [-0.25, -0.2) is 8.42 Å². The number of nitrogens with two attached hydrogens (primary N) is 1. The Labute approximate surface area is 132 Å². The predicted molar refractivity (Wildman–Crippen MR) is 83.6 cm³/mol. The second-order valence-corrected chi connectivity index (χ2v) is 6.57. The number of sulfonamides is 1. The number of para-hydroxylation sites is 1. The minimum atomic E-state index is -3.99. The first-order valence-corrected chi connectivity index (χ1v) is 7.81. The quantitative estimate of drug-likeness (QED) is 0.655. The first kappa shape index (κ1) is 16.4. The number of amides is 1. The molecule has 0 aliphatic heterocycles. The fourth-order valence-corrected chi connectivity index (χ4v) is 3.20. The maximum absolute atomic E-state index is 12.6. The Bertz CT molecular complexity index is 862. The molecule has 2 aromatic carbocycles. The molecule has 0 heterocycles. The molecule has 0 fully saturated rings. The topological polar surface area (TPSA) is 124 Å². The van der Waals surface area contributed by atoms with E-state index in [4.69, 9.17) is 5.73 Å². The summed E-state index contributed by atoms with van der Waals surface area (Å²) in [6.07, 6.45) is 0. The lowest BCUT2D eigenvalue weighted by molar-refractivity contribution is -0.384. The second kappa shape index (κ2) is 6.05. The van der Waals surface area contributed by atoms with Crippen LogP contribution >= 0.6 is 0 Å². The van der Waals surface area contributed by atoms with E-state index in [0.717, 1.165) is 28.6 Å². The van der Waals surface area contributed by atoms with Crippen LogP contribution in [0.25, 0.3) is 0 Å². The number of hydrogen-bond donors (Lipinski definition) is 1. The van der Waals surface area contributed by atoms with Gasteiger partial charge in [0, 0.05) is 19.2 Å². The van der Waals surface area contributed by atoms with Gasteiger partial charge in [-0.1, -0.05) is 12.1 Å². The third kappa shape index (κ3) is 3.14. The van der Waals surface area contributed by atoms with E-state index in [2.05, 4.69) is 0 Å². The van der Waals surface area contributed by atoms with Crippen molar-refractivity contribution in [2.45, 2.75) is 4.90 Å². The van der Waals surface area contributed by atoms with Crippen molar-refractivity contribution in [2.24, 2.45) is 5.73 Å². The van der Waals surface area contributed by atoms with Gasteiger partial charge in [-0.2, -0.15) is 0 Å². The zero-order chi connectivity index (χ0) is 17.2. The monoisotopic (exact) mass is 335 g/mol. The van der Waals surface area contributed by atoms with Crippen molar-refractivity contribution in [3.8, 4) is 0 Å². The fraction of sp³-hybridized carbons (Fsp3) is 0.0714. The highest BCUT2D eigenvalue weighted by Gasteiger charge is 2.24. The summed E-state index contributed by atoms with van der Waals surface area (Å²) in [5, 5.41) is 10.6. The van der Waals surface area contributed by atoms with E-state index < -0.39 is 20.9 Å². The molecular formula is C14H13N3O5S. The molecule has 0 spiro atoms. The van der Waals surface area contributed by atoms with Gasteiger partial charge in [0.1, 0.15) is 0 Å². The molecule has 0 bridgehead atoms. The summed E-state index contributed by atoms with van der Waals surface area (Å²) in [6, 6.07) is 10.5. The number of hydrogen-bond acceptors (Lipinski definition) is 5. The van der Waals surface area contributed by atoms with Crippen LogP contribution in [0.4, 0.5) is 11.4 Å². The van der Waals surface area contributed by atoms with E-state index in [1.165, 1.54) is 19.2 Å². The van der Waals surface area contributed by atoms with Crippen LogP contribution in [0.5, 0.6) is 0 Å². The molecule has 8 nitrogen and oxygen atoms in total. The van der Waals surface area contributed by atoms with Crippen LogP contribution in [0, 0.1) is 10.1 Å². The van der Waals surface area contributed by atoms with Crippen LogP contribution in [0.15, 0.2) is 53.4 Å². The number of rotatable bonds is 5. The highest BCUT2D eigenvalue weighted by Crippen LogP contribution is 2.26. The third-order valence-electron chi connectivity index (χ3n) is 3.21. The molecular weight excluding hydrogens is 322 g/mol. The second-order valence-electron chi connectivity index (χ2n) is 4.60. The van der Waals surface area contributed by atoms with Crippen molar-refractivity contribution in [1.29, 1.82) is 0 Å². The molecule has 0 radical (unpaired) electrons. The van der Waals surface area contributed by atoms with Crippen LogP contribution < -0.4 is 10.0 Å². The van der Waals surface area contributed by atoms with Crippen molar-refractivity contribution in [2.75, 3.05) is 11.4 Å². The van der Waals surface area contributed by atoms with Gasteiger partial charge in [0.25, 0.3) is 21.6 Å². The maximum Gasteiger partial charge on any atom is 0.269 e. The number of carbonyl (C=O) groups excluding carboxylic acids is 1. The van der Waals surface area contributed by atoms with Gasteiger partial charge in [-0.3, -0.25) is 19.2 Å². The molecule has 1 amide bonds. The molecule has 9 heteroatoms. The predicted octanol–water partition coefficient (Wildman–Crippen LogP) is 1.52. The minimum absolute atomic E-state index is 0.0560. The van der Waals surface area contributed by atoms with E-state index in [0.29, 0.717) is 0 Å². The molecule has 0 atom stereocenters. The molecule has 0 aliphatic rings. The Morgan fingerprint density at radius 2 is 1.70 bits per heavy atom. The van der Waals surface area contributed by atoms with Crippen LogP contribution in [0.2, 0.25) is 0 Å². The number of anilines is 1. The van der Waals surface area contributed by atoms with Crippen molar-refractivity contribution < 1.29 is 18.1 Å². The average Bonchev–Trinajstić information content (AvgIpc) is 2.54. The van der Waals surface area contributed by atoms with Crippen LogP contribution in [-0.4, -0.2) is 26.3 Å². The first-order chi connectivity index (χ1) is 10.7. The Kier molecular flexibility index (Phi) is 4.32. The third-order valence-corrected chi connectivity index (χ3v) is 5.00. The number of benzene rings is 2. The smallest absolute Gasteiger partial charge is 0.269 e. The summed E-state index contributed by atoms with van der Waals surface area (Å²) in [6.45, 7) is 0. The van der Waals surface area contributed by atoms with Crippen LogP contribution in [0.1, 0.15) is 10.4 Å². The summed E-state index contributed by atoms with van der Waals surface area (Å²) in [7, 11) is -2.71. The number of carbonyl (C=O) groups is 1. The van der Waals surface area contributed by atoms with Gasteiger partial charge in [-0.15, -0.1) is 0 Å². The van der Waals surface area contributed by atoms with Gasteiger partial charge < -0.3 is 5.73 Å². The highest BCUT2D eigenvalue weighted by atomic mass is 32.2. The molecule has 23 heavy (non-hydrogen) atoms. The molecule has 0 aromatic heterocycles. The fourth-order valence-electron chi connectivity index (χ4n) is 1.98. The lowest BCUT2D eigenvalue weighted by Crippen LogP contribution is -2.29. The van der Waals surface area contributed by atoms with Gasteiger partial charge in [0.2, 0.25) is 0 Å². The normalized spacial score (nSPS) is 11.0. The van der Waals surface area contributed by atoms with Gasteiger partial charge in [0.15, 0.2) is 0 Å². The van der Waals surface area contributed by atoms with E-state index in [1.54, 1.807) is 12.1 Å². The Morgan fingerprint density at radius 1 is 1.13 bits per heavy atom. The number of nitrogens with zero attached hydrogens (tertiary/aromatic N) is 2. The largest absolute Gasteiger partial charge is 0.366 e. The summed E-state index contributed by atoms with van der Waals surface area (Å²) in [5.74, 6) is -0.758. The van der Waals surface area contributed by atoms with Gasteiger partial charge in [0.05, 0.1) is 21.1 Å². The van der Waals surface area contributed by atoms with Gasteiger partial charge >= 0.3 is 0 Å². The number of primary amides is 1. The van der Waals surface area contributed by atoms with Crippen LogP contribution in [-0.2, 0) is 10.0 Å². The Hall–Kier alpha value is -2.94. The highest BCUT2D eigenvalue weighted by molar-refractivity contribution is 7.92. The molecule has 0 saturated heterocycles. The zero-order valence-corrected chi connectivity index (χ0v) is 12.9. The summed E-state index contributed by atoms with van der Waals surface area (Å²) < 4.78 is 26.1. The molecule has 2 N–H and O–H groups in total. The molecule has 2 rings (SSSR count). The summed E-state index contributed by atoms with van der Waals surface area (Å²) >= 11 is 0. The lowest BCUT2D eigenvalue weighted by Gasteiger charge is -2.21. The molecule has 0 aliphatic carbocycles. The maximum atomic E-state index is 12.6. The number of nitro groups is 1. The molecule has 2 aromatic rings. The number of nitro benzene ring substituents is 1.